The molecule has 1 amide bonds. The van der Waals surface area contributed by atoms with Crippen molar-refractivity contribution in [3.8, 4) is 5.75 Å². The van der Waals surface area contributed by atoms with E-state index in [0.717, 1.165) is 30.7 Å². The first kappa shape index (κ1) is 16.8. The predicted octanol–water partition coefficient (Wildman–Crippen LogP) is 2.41. The number of benzene rings is 1. The number of nitrogens with zero attached hydrogens (tertiary/aromatic N) is 1. The molecule has 1 heterocycles. The molecule has 0 spiro atoms. The molecule has 22 heavy (non-hydrogen) atoms. The van der Waals surface area contributed by atoms with E-state index in [1.54, 1.807) is 7.11 Å². The summed E-state index contributed by atoms with van der Waals surface area (Å²) in [5, 5.41) is 0. The van der Waals surface area contributed by atoms with Crippen molar-refractivity contribution in [1.29, 1.82) is 0 Å². The normalized spacial score (nSPS) is 17.7. The van der Waals surface area contributed by atoms with Crippen molar-refractivity contribution in [2.24, 2.45) is 0 Å². The number of ether oxygens (including phenoxy) is 3. The second kappa shape index (κ2) is 8.76. The smallest absolute Gasteiger partial charge is 0.249 e. The highest BCUT2D eigenvalue weighted by Crippen LogP contribution is 2.32. The number of hydrogen-bond acceptors (Lipinski definition) is 4. The van der Waals surface area contributed by atoms with Gasteiger partial charge in [-0.2, -0.15) is 0 Å². The Hall–Kier alpha value is -1.59. The summed E-state index contributed by atoms with van der Waals surface area (Å²) in [7, 11) is 1.62. The molecule has 1 aromatic carbocycles. The molecule has 0 unspecified atom stereocenters. The Morgan fingerprint density at radius 2 is 2.05 bits per heavy atom. The topological polar surface area (TPSA) is 48.0 Å². The van der Waals surface area contributed by atoms with E-state index in [1.807, 2.05) is 36.1 Å². The summed E-state index contributed by atoms with van der Waals surface area (Å²) in [5.74, 6) is 0.914. The highest BCUT2D eigenvalue weighted by Gasteiger charge is 2.29. The Bertz CT molecular complexity index is 460. The third-order valence-corrected chi connectivity index (χ3v) is 3.81. The van der Waals surface area contributed by atoms with Crippen LogP contribution < -0.4 is 4.74 Å². The number of amides is 1. The number of carbonyl (C=O) groups is 1. The zero-order chi connectivity index (χ0) is 15.8. The fraction of sp³-hybridized carbons (Fsp3) is 0.588. The molecule has 0 radical (unpaired) electrons. The van der Waals surface area contributed by atoms with Crippen LogP contribution in [0.2, 0.25) is 0 Å². The monoisotopic (exact) mass is 307 g/mol. The molecule has 0 bridgehead atoms. The lowest BCUT2D eigenvalue weighted by molar-refractivity contribution is -0.137. The van der Waals surface area contributed by atoms with Crippen molar-refractivity contribution in [1.82, 2.24) is 4.90 Å². The van der Waals surface area contributed by atoms with Gasteiger partial charge in [-0.1, -0.05) is 12.1 Å². The van der Waals surface area contributed by atoms with Gasteiger partial charge in [0.15, 0.2) is 0 Å². The summed E-state index contributed by atoms with van der Waals surface area (Å²) < 4.78 is 15.7. The fourth-order valence-corrected chi connectivity index (χ4v) is 2.75. The molecule has 1 saturated heterocycles. The summed E-state index contributed by atoms with van der Waals surface area (Å²) in [4.78, 5) is 14.2. The molecule has 1 fully saturated rings. The highest BCUT2D eigenvalue weighted by molar-refractivity contribution is 5.78. The van der Waals surface area contributed by atoms with Gasteiger partial charge in [0.05, 0.1) is 25.9 Å². The average Bonchev–Trinajstić information content (AvgIpc) is 3.02. The van der Waals surface area contributed by atoms with E-state index in [4.69, 9.17) is 14.2 Å². The predicted molar refractivity (Wildman–Crippen MR) is 84.0 cm³/mol. The van der Waals surface area contributed by atoms with Gasteiger partial charge in [0.25, 0.3) is 0 Å². The molecule has 1 aliphatic heterocycles. The van der Waals surface area contributed by atoms with Crippen LogP contribution in [0.25, 0.3) is 0 Å². The van der Waals surface area contributed by atoms with Crippen molar-refractivity contribution in [2.75, 3.05) is 40.1 Å². The van der Waals surface area contributed by atoms with E-state index in [0.29, 0.717) is 19.8 Å². The number of methoxy groups -OCH3 is 1. The Kier molecular flexibility index (Phi) is 6.68. The molecule has 1 atom stereocenters. The van der Waals surface area contributed by atoms with Gasteiger partial charge in [0.1, 0.15) is 12.4 Å². The van der Waals surface area contributed by atoms with Crippen molar-refractivity contribution in [3.63, 3.8) is 0 Å². The van der Waals surface area contributed by atoms with E-state index in [9.17, 15) is 4.79 Å². The van der Waals surface area contributed by atoms with Gasteiger partial charge in [-0.3, -0.25) is 4.79 Å². The lowest BCUT2D eigenvalue weighted by atomic mass is 10.0. The van der Waals surface area contributed by atoms with Gasteiger partial charge in [-0.25, -0.2) is 0 Å². The SMILES string of the molecule is CCOc1ccc([C@H]2CCCN2C(=O)COCCOC)cc1. The molecule has 5 nitrogen and oxygen atoms in total. The zero-order valence-corrected chi connectivity index (χ0v) is 13.4. The van der Waals surface area contributed by atoms with E-state index in [-0.39, 0.29) is 18.6 Å². The van der Waals surface area contributed by atoms with Crippen LogP contribution in [0.5, 0.6) is 5.75 Å². The molecule has 0 N–H and O–H groups in total. The van der Waals surface area contributed by atoms with Crippen molar-refractivity contribution in [3.05, 3.63) is 29.8 Å². The largest absolute Gasteiger partial charge is 0.494 e. The van der Waals surface area contributed by atoms with E-state index in [1.165, 1.54) is 0 Å². The van der Waals surface area contributed by atoms with Crippen LogP contribution in [0.4, 0.5) is 0 Å². The first-order valence-electron chi connectivity index (χ1n) is 7.85. The van der Waals surface area contributed by atoms with Gasteiger partial charge in [0.2, 0.25) is 5.91 Å². The van der Waals surface area contributed by atoms with Gasteiger partial charge in [-0.15, -0.1) is 0 Å². The average molecular weight is 307 g/mol. The summed E-state index contributed by atoms with van der Waals surface area (Å²) in [5.41, 5.74) is 1.16. The Balaban J connectivity index is 1.93. The highest BCUT2D eigenvalue weighted by atomic mass is 16.5. The van der Waals surface area contributed by atoms with Gasteiger partial charge >= 0.3 is 0 Å². The first-order chi connectivity index (χ1) is 10.8. The molecule has 0 saturated carbocycles. The first-order valence-corrected chi connectivity index (χ1v) is 7.85. The maximum Gasteiger partial charge on any atom is 0.249 e. The number of likely N-dealkylation sites (tertiary alicyclic amines) is 1. The van der Waals surface area contributed by atoms with Crippen LogP contribution in [0.3, 0.4) is 0 Å². The molecule has 1 aromatic rings. The maximum absolute atomic E-state index is 12.3. The number of carbonyl (C=O) groups excluding carboxylic acids is 1. The standard InChI is InChI=1S/C17H25NO4/c1-3-22-15-8-6-14(7-9-15)16-5-4-10-18(16)17(19)13-21-12-11-20-2/h6-9,16H,3-5,10-13H2,1-2H3/t16-/m1/s1. The number of rotatable bonds is 8. The fourth-order valence-electron chi connectivity index (χ4n) is 2.75. The van der Waals surface area contributed by atoms with E-state index in [2.05, 4.69) is 0 Å². The number of hydrogen-bond donors (Lipinski definition) is 0. The third-order valence-electron chi connectivity index (χ3n) is 3.81. The summed E-state index contributed by atoms with van der Waals surface area (Å²) >= 11 is 0. The molecular formula is C17H25NO4. The van der Waals surface area contributed by atoms with Crippen LogP contribution in [0.1, 0.15) is 31.4 Å². The van der Waals surface area contributed by atoms with Gasteiger partial charge < -0.3 is 19.1 Å². The summed E-state index contributed by atoms with van der Waals surface area (Å²) in [6, 6.07) is 8.18. The molecular weight excluding hydrogens is 282 g/mol. The molecule has 5 heteroatoms. The third kappa shape index (κ3) is 4.45. The molecule has 2 rings (SSSR count). The minimum Gasteiger partial charge on any atom is -0.494 e. The molecule has 0 aromatic heterocycles. The Labute approximate surface area is 132 Å². The minimum atomic E-state index is 0.0486. The minimum absolute atomic E-state index is 0.0486. The maximum atomic E-state index is 12.3. The van der Waals surface area contributed by atoms with Crippen molar-refractivity contribution >= 4 is 5.91 Å². The van der Waals surface area contributed by atoms with Crippen molar-refractivity contribution in [2.45, 2.75) is 25.8 Å². The van der Waals surface area contributed by atoms with E-state index < -0.39 is 0 Å². The van der Waals surface area contributed by atoms with Crippen LogP contribution >= 0.6 is 0 Å². The summed E-state index contributed by atoms with van der Waals surface area (Å²) in [6.07, 6.45) is 2.03. The second-order valence-corrected chi connectivity index (χ2v) is 5.29. The molecule has 122 valence electrons. The molecule has 0 aliphatic carbocycles. The van der Waals surface area contributed by atoms with Crippen LogP contribution in [-0.4, -0.2) is 50.9 Å². The quantitative estimate of drug-likeness (QED) is 0.692. The Morgan fingerprint density at radius 1 is 1.27 bits per heavy atom. The lowest BCUT2D eigenvalue weighted by Crippen LogP contribution is -2.33. The van der Waals surface area contributed by atoms with Crippen LogP contribution in [0, 0.1) is 0 Å². The van der Waals surface area contributed by atoms with Crippen LogP contribution in [0.15, 0.2) is 24.3 Å². The van der Waals surface area contributed by atoms with Crippen molar-refractivity contribution < 1.29 is 19.0 Å². The zero-order valence-electron chi connectivity index (χ0n) is 13.4. The second-order valence-electron chi connectivity index (χ2n) is 5.29. The molecule has 1 aliphatic rings. The van der Waals surface area contributed by atoms with Crippen LogP contribution in [-0.2, 0) is 14.3 Å². The van der Waals surface area contributed by atoms with E-state index >= 15 is 0 Å². The summed E-state index contributed by atoms with van der Waals surface area (Å²) in [6.45, 7) is 4.50. The van der Waals surface area contributed by atoms with Gasteiger partial charge in [-0.05, 0) is 37.5 Å². The van der Waals surface area contributed by atoms with Gasteiger partial charge in [0, 0.05) is 13.7 Å². The Morgan fingerprint density at radius 3 is 2.73 bits per heavy atom. The lowest BCUT2D eigenvalue weighted by Gasteiger charge is -2.25.